The van der Waals surface area contributed by atoms with Crippen LogP contribution in [0.2, 0.25) is 0 Å². The standard InChI is InChI=1S/C18H17N3O4S/c1-11-7-8-16(9-12(11)2)26(24,25)17-13(3)21(20-19-17)15-6-4-5-14(10-15)18(22)23/h4-10H,1-3H3,(H,22,23). The fourth-order valence-corrected chi connectivity index (χ4v) is 3.99. The third-order valence-electron chi connectivity index (χ3n) is 4.23. The van der Waals surface area contributed by atoms with Gasteiger partial charge in [0.05, 0.1) is 21.8 Å². The lowest BCUT2D eigenvalue weighted by molar-refractivity contribution is 0.0697. The van der Waals surface area contributed by atoms with Gasteiger partial charge in [0.1, 0.15) is 0 Å². The van der Waals surface area contributed by atoms with Crippen molar-refractivity contribution >= 4 is 15.8 Å². The van der Waals surface area contributed by atoms with Crippen LogP contribution in [0.3, 0.4) is 0 Å². The molecule has 2 aromatic carbocycles. The highest BCUT2D eigenvalue weighted by Crippen LogP contribution is 2.25. The molecule has 0 amide bonds. The van der Waals surface area contributed by atoms with Gasteiger partial charge in [0.25, 0.3) is 0 Å². The first-order valence-electron chi connectivity index (χ1n) is 7.80. The zero-order chi connectivity index (χ0) is 19.1. The minimum atomic E-state index is -3.83. The number of hydrogen-bond donors (Lipinski definition) is 1. The molecule has 26 heavy (non-hydrogen) atoms. The van der Waals surface area contributed by atoms with E-state index in [0.29, 0.717) is 11.4 Å². The summed E-state index contributed by atoms with van der Waals surface area (Å²) in [7, 11) is -3.83. The largest absolute Gasteiger partial charge is 0.478 e. The van der Waals surface area contributed by atoms with E-state index in [2.05, 4.69) is 10.3 Å². The average Bonchev–Trinajstić information content (AvgIpc) is 2.99. The van der Waals surface area contributed by atoms with Gasteiger partial charge in [0, 0.05) is 0 Å². The molecule has 0 atom stereocenters. The Morgan fingerprint density at radius 1 is 1.04 bits per heavy atom. The van der Waals surface area contributed by atoms with Crippen molar-refractivity contribution in [3.63, 3.8) is 0 Å². The third kappa shape index (κ3) is 2.99. The maximum absolute atomic E-state index is 12.9. The van der Waals surface area contributed by atoms with Gasteiger partial charge in [-0.2, -0.15) is 0 Å². The number of carbonyl (C=O) groups is 1. The molecule has 0 unspecified atom stereocenters. The van der Waals surface area contributed by atoms with Crippen molar-refractivity contribution in [3.8, 4) is 5.69 Å². The van der Waals surface area contributed by atoms with Crippen LogP contribution in [0.15, 0.2) is 52.4 Å². The van der Waals surface area contributed by atoms with E-state index in [1.54, 1.807) is 37.3 Å². The van der Waals surface area contributed by atoms with E-state index in [1.165, 1.54) is 16.8 Å². The molecule has 0 aliphatic rings. The van der Waals surface area contributed by atoms with Crippen molar-refractivity contribution in [2.24, 2.45) is 0 Å². The molecule has 0 bridgehead atoms. The third-order valence-corrected chi connectivity index (χ3v) is 5.99. The minimum Gasteiger partial charge on any atom is -0.478 e. The van der Waals surface area contributed by atoms with Gasteiger partial charge in [-0.05, 0) is 62.2 Å². The Morgan fingerprint density at radius 3 is 2.42 bits per heavy atom. The average molecular weight is 371 g/mol. The highest BCUT2D eigenvalue weighted by molar-refractivity contribution is 7.91. The Bertz CT molecular complexity index is 1120. The second-order valence-corrected chi connectivity index (χ2v) is 7.86. The van der Waals surface area contributed by atoms with E-state index in [9.17, 15) is 13.2 Å². The monoisotopic (exact) mass is 371 g/mol. The summed E-state index contributed by atoms with van der Waals surface area (Å²) in [6, 6.07) is 11.0. The lowest BCUT2D eigenvalue weighted by Gasteiger charge is -2.07. The zero-order valence-electron chi connectivity index (χ0n) is 14.5. The number of rotatable bonds is 4. The summed E-state index contributed by atoms with van der Waals surface area (Å²) >= 11 is 0. The second kappa shape index (κ2) is 6.38. The maximum atomic E-state index is 12.9. The number of aryl methyl sites for hydroxylation is 2. The molecule has 0 saturated heterocycles. The molecule has 1 N–H and O–H groups in total. The molecule has 1 heterocycles. The highest BCUT2D eigenvalue weighted by atomic mass is 32.2. The molecule has 0 radical (unpaired) electrons. The van der Waals surface area contributed by atoms with Gasteiger partial charge >= 0.3 is 5.97 Å². The summed E-state index contributed by atoms with van der Waals surface area (Å²) in [5.74, 6) is -1.08. The Balaban J connectivity index is 2.10. The van der Waals surface area contributed by atoms with E-state index < -0.39 is 15.8 Å². The number of nitrogens with zero attached hydrogens (tertiary/aromatic N) is 3. The van der Waals surface area contributed by atoms with Crippen LogP contribution in [0.4, 0.5) is 0 Å². The van der Waals surface area contributed by atoms with Gasteiger partial charge in [-0.3, -0.25) is 0 Å². The molecule has 3 rings (SSSR count). The predicted molar refractivity (Wildman–Crippen MR) is 94.4 cm³/mol. The fraction of sp³-hybridized carbons (Fsp3) is 0.167. The first-order chi connectivity index (χ1) is 12.2. The van der Waals surface area contributed by atoms with Crippen LogP contribution >= 0.6 is 0 Å². The Labute approximate surface area is 150 Å². The molecule has 0 aliphatic heterocycles. The number of benzene rings is 2. The first kappa shape index (κ1) is 17.8. The number of hydrogen-bond acceptors (Lipinski definition) is 5. The minimum absolute atomic E-state index is 0.0796. The normalized spacial score (nSPS) is 11.5. The van der Waals surface area contributed by atoms with Crippen LogP contribution in [-0.4, -0.2) is 34.5 Å². The molecule has 0 fully saturated rings. The smallest absolute Gasteiger partial charge is 0.335 e. The van der Waals surface area contributed by atoms with Crippen LogP contribution in [-0.2, 0) is 9.84 Å². The fourth-order valence-electron chi connectivity index (χ4n) is 2.57. The van der Waals surface area contributed by atoms with Gasteiger partial charge < -0.3 is 5.11 Å². The van der Waals surface area contributed by atoms with Gasteiger partial charge in [0.2, 0.25) is 14.9 Å². The number of aromatic carboxylic acids is 1. The number of carboxylic acid groups (broad SMARTS) is 1. The maximum Gasteiger partial charge on any atom is 0.335 e. The Morgan fingerprint density at radius 2 is 1.77 bits per heavy atom. The van der Waals surface area contributed by atoms with Crippen LogP contribution in [0.25, 0.3) is 5.69 Å². The van der Waals surface area contributed by atoms with E-state index in [0.717, 1.165) is 11.1 Å². The van der Waals surface area contributed by atoms with Crippen molar-refractivity contribution in [1.29, 1.82) is 0 Å². The van der Waals surface area contributed by atoms with Crippen LogP contribution in [0.1, 0.15) is 27.2 Å². The Kier molecular flexibility index (Phi) is 4.37. The van der Waals surface area contributed by atoms with E-state index in [1.807, 2.05) is 13.8 Å². The molecule has 1 aromatic heterocycles. The van der Waals surface area contributed by atoms with Crippen molar-refractivity contribution < 1.29 is 18.3 Å². The summed E-state index contributed by atoms with van der Waals surface area (Å²) in [6.45, 7) is 5.33. The summed E-state index contributed by atoms with van der Waals surface area (Å²) in [6.07, 6.45) is 0. The van der Waals surface area contributed by atoms with Crippen molar-refractivity contribution in [1.82, 2.24) is 15.0 Å². The van der Waals surface area contributed by atoms with Crippen molar-refractivity contribution in [2.45, 2.75) is 30.7 Å². The van der Waals surface area contributed by atoms with Crippen molar-refractivity contribution in [2.75, 3.05) is 0 Å². The van der Waals surface area contributed by atoms with E-state index in [4.69, 9.17) is 5.11 Å². The number of aromatic nitrogens is 3. The molecule has 0 saturated carbocycles. The molecule has 0 aliphatic carbocycles. The van der Waals surface area contributed by atoms with Crippen LogP contribution in [0.5, 0.6) is 0 Å². The molecule has 0 spiro atoms. The van der Waals surface area contributed by atoms with Gasteiger partial charge in [-0.15, -0.1) is 5.10 Å². The molecule has 3 aromatic rings. The quantitative estimate of drug-likeness (QED) is 0.756. The van der Waals surface area contributed by atoms with E-state index in [-0.39, 0.29) is 15.5 Å². The number of carboxylic acids is 1. The van der Waals surface area contributed by atoms with Gasteiger partial charge in [-0.25, -0.2) is 17.9 Å². The zero-order valence-corrected chi connectivity index (χ0v) is 15.3. The molecular formula is C18H17N3O4S. The molecule has 7 nitrogen and oxygen atoms in total. The molecule has 8 heteroatoms. The highest BCUT2D eigenvalue weighted by Gasteiger charge is 2.26. The summed E-state index contributed by atoms with van der Waals surface area (Å²) in [4.78, 5) is 11.3. The SMILES string of the molecule is Cc1ccc(S(=O)(=O)c2nnn(-c3cccc(C(=O)O)c3)c2C)cc1C. The summed E-state index contributed by atoms with van der Waals surface area (Å²) in [5, 5.41) is 16.7. The number of sulfone groups is 1. The summed E-state index contributed by atoms with van der Waals surface area (Å²) < 4.78 is 27.2. The van der Waals surface area contributed by atoms with E-state index >= 15 is 0 Å². The van der Waals surface area contributed by atoms with Crippen LogP contribution in [0, 0.1) is 20.8 Å². The van der Waals surface area contributed by atoms with Crippen molar-refractivity contribution in [3.05, 3.63) is 64.8 Å². The Hall–Kier alpha value is -3.00. The summed E-state index contributed by atoms with van der Waals surface area (Å²) in [5.41, 5.74) is 2.68. The molecular weight excluding hydrogens is 354 g/mol. The van der Waals surface area contributed by atoms with Crippen LogP contribution < -0.4 is 0 Å². The second-order valence-electron chi connectivity index (χ2n) is 6.00. The lowest BCUT2D eigenvalue weighted by Crippen LogP contribution is -2.07. The first-order valence-corrected chi connectivity index (χ1v) is 9.28. The van der Waals surface area contributed by atoms with Gasteiger partial charge in [-0.1, -0.05) is 17.3 Å². The lowest BCUT2D eigenvalue weighted by atomic mass is 10.1. The topological polar surface area (TPSA) is 102 Å². The predicted octanol–water partition coefficient (Wildman–Crippen LogP) is 2.72. The van der Waals surface area contributed by atoms with Gasteiger partial charge in [0.15, 0.2) is 0 Å². The molecule has 134 valence electrons.